The molecular weight excluding hydrogens is 469 g/mol. The molecule has 0 radical (unpaired) electrons. The van der Waals surface area contributed by atoms with E-state index >= 15 is 0 Å². The highest BCUT2D eigenvalue weighted by molar-refractivity contribution is 9.11. The molecule has 0 aliphatic heterocycles. The molecule has 0 nitrogen and oxygen atoms in total. The van der Waals surface area contributed by atoms with Gasteiger partial charge in [0.2, 0.25) is 0 Å². The van der Waals surface area contributed by atoms with Crippen molar-refractivity contribution in [1.82, 2.24) is 0 Å². The van der Waals surface area contributed by atoms with Gasteiger partial charge in [-0.1, -0.05) is 33.6 Å². The first-order valence-corrected chi connectivity index (χ1v) is 8.01. The molecule has 0 saturated carbocycles. The van der Waals surface area contributed by atoms with Gasteiger partial charge in [-0.15, -0.1) is 0 Å². The molecule has 0 heterocycles. The summed E-state index contributed by atoms with van der Waals surface area (Å²) < 4.78 is 28.3. The van der Waals surface area contributed by atoms with Gasteiger partial charge in [-0.05, 0) is 61.7 Å². The first-order valence-electron chi connectivity index (χ1n) is 5.13. The molecule has 0 aliphatic rings. The predicted molar refractivity (Wildman–Crippen MR) is 84.0 cm³/mol. The zero-order chi connectivity index (χ0) is 14.2. The molecule has 0 aromatic heterocycles. The van der Waals surface area contributed by atoms with Gasteiger partial charge in [-0.3, -0.25) is 0 Å². The van der Waals surface area contributed by atoms with E-state index in [1.807, 2.05) is 0 Å². The van der Waals surface area contributed by atoms with Crippen molar-refractivity contribution < 1.29 is 8.78 Å². The molecule has 0 N–H and O–H groups in total. The molecule has 0 bridgehead atoms. The van der Waals surface area contributed by atoms with E-state index in [9.17, 15) is 8.78 Å². The lowest BCUT2D eigenvalue weighted by molar-refractivity contribution is 0.608. The maximum absolute atomic E-state index is 13.9. The van der Waals surface area contributed by atoms with Crippen molar-refractivity contribution in [1.29, 1.82) is 0 Å². The second-order valence-electron chi connectivity index (χ2n) is 3.82. The van der Waals surface area contributed by atoms with E-state index in [4.69, 9.17) is 11.6 Å². The predicted octanol–water partition coefficient (Wildman–Crippen LogP) is 6.63. The molecule has 0 amide bonds. The van der Waals surface area contributed by atoms with E-state index < -0.39 is 16.5 Å². The Labute approximate surface area is 139 Å². The summed E-state index contributed by atoms with van der Waals surface area (Å²) in [7, 11) is 0. The lowest BCUT2D eigenvalue weighted by Crippen LogP contribution is -1.98. The Morgan fingerprint density at radius 3 is 2.26 bits per heavy atom. The summed E-state index contributed by atoms with van der Waals surface area (Å²) in [6.45, 7) is 0. The minimum atomic E-state index is -0.472. The van der Waals surface area contributed by atoms with Crippen LogP contribution in [0.4, 0.5) is 8.78 Å². The molecule has 1 unspecified atom stereocenters. The van der Waals surface area contributed by atoms with Crippen LogP contribution in [0.2, 0.25) is 5.02 Å². The fourth-order valence-electron chi connectivity index (χ4n) is 1.58. The van der Waals surface area contributed by atoms with Gasteiger partial charge in [0.1, 0.15) is 11.6 Å². The van der Waals surface area contributed by atoms with Crippen LogP contribution in [0.15, 0.2) is 39.3 Å². The van der Waals surface area contributed by atoms with Crippen molar-refractivity contribution in [3.05, 3.63) is 67.1 Å². The summed E-state index contributed by atoms with van der Waals surface area (Å²) in [5.41, 5.74) is 0.966. The Hall–Kier alpha value is 0.0300. The molecule has 1 atom stereocenters. The molecule has 2 aromatic carbocycles. The van der Waals surface area contributed by atoms with E-state index in [-0.39, 0.29) is 0 Å². The van der Waals surface area contributed by atoms with Gasteiger partial charge < -0.3 is 0 Å². The first kappa shape index (κ1) is 15.4. The van der Waals surface area contributed by atoms with Gasteiger partial charge in [0, 0.05) is 10.0 Å². The molecule has 0 aliphatic carbocycles. The van der Waals surface area contributed by atoms with Crippen LogP contribution in [0.1, 0.15) is 16.0 Å². The molecule has 0 spiro atoms. The fraction of sp³-hybridized carbons (Fsp3) is 0.0769. The molecule has 0 saturated heterocycles. The van der Waals surface area contributed by atoms with E-state index in [1.54, 1.807) is 12.1 Å². The maximum atomic E-state index is 13.9. The van der Waals surface area contributed by atoms with Gasteiger partial charge in [0.15, 0.2) is 0 Å². The summed E-state index contributed by atoms with van der Waals surface area (Å²) >= 11 is 15.6. The Morgan fingerprint density at radius 1 is 0.947 bits per heavy atom. The van der Waals surface area contributed by atoms with Crippen molar-refractivity contribution in [2.75, 3.05) is 0 Å². The highest BCUT2D eigenvalue weighted by atomic mass is 79.9. The summed E-state index contributed by atoms with van der Waals surface area (Å²) in [6, 6.07) is 7.44. The Balaban J connectivity index is 2.46. The van der Waals surface area contributed by atoms with Crippen molar-refractivity contribution >= 4 is 59.4 Å². The average molecular weight is 475 g/mol. The Bertz CT molecular complexity index is 632. The summed E-state index contributed by atoms with van der Waals surface area (Å²) in [6.07, 6.45) is 0. The molecule has 6 heteroatoms. The molecule has 0 fully saturated rings. The van der Waals surface area contributed by atoms with Gasteiger partial charge in [-0.2, -0.15) is 0 Å². The lowest BCUT2D eigenvalue weighted by Gasteiger charge is -2.13. The minimum Gasteiger partial charge on any atom is -0.207 e. The monoisotopic (exact) mass is 472 g/mol. The van der Waals surface area contributed by atoms with E-state index in [0.29, 0.717) is 25.1 Å². The van der Waals surface area contributed by atoms with Crippen LogP contribution in [0.25, 0.3) is 0 Å². The third-order valence-electron chi connectivity index (χ3n) is 2.55. The first-order chi connectivity index (χ1) is 8.90. The van der Waals surface area contributed by atoms with E-state index in [0.717, 1.165) is 0 Å². The molecule has 2 aromatic rings. The summed E-state index contributed by atoms with van der Waals surface area (Å²) in [4.78, 5) is -0.472. The van der Waals surface area contributed by atoms with E-state index in [1.165, 1.54) is 18.2 Å². The average Bonchev–Trinajstić information content (AvgIpc) is 2.36. The lowest BCUT2D eigenvalue weighted by atomic mass is 10.0. The van der Waals surface area contributed by atoms with Gasteiger partial charge in [0.05, 0.1) is 14.3 Å². The third kappa shape index (κ3) is 3.38. The van der Waals surface area contributed by atoms with Crippen molar-refractivity contribution in [2.24, 2.45) is 0 Å². The third-order valence-corrected chi connectivity index (χ3v) is 5.41. The van der Waals surface area contributed by atoms with Gasteiger partial charge >= 0.3 is 0 Å². The zero-order valence-corrected chi connectivity index (χ0v) is 14.7. The maximum Gasteiger partial charge on any atom is 0.137 e. The van der Waals surface area contributed by atoms with Crippen LogP contribution in [-0.4, -0.2) is 0 Å². The molecule has 2 rings (SSSR count). The standard InChI is InChI=1S/C13H6Br3ClF2/c14-8-2-1-6(3-12(8)19)13(16)7-4-10(17)9(15)5-11(7)18/h1-5,13H. The van der Waals surface area contributed by atoms with Crippen molar-refractivity contribution in [3.8, 4) is 0 Å². The van der Waals surface area contributed by atoms with Crippen LogP contribution < -0.4 is 0 Å². The molecular formula is C13H6Br3ClF2. The minimum absolute atomic E-state index is 0.356. The number of rotatable bonds is 2. The summed E-state index contributed by atoms with van der Waals surface area (Å²) in [5.74, 6) is -0.813. The molecule has 19 heavy (non-hydrogen) atoms. The molecule has 100 valence electrons. The smallest absolute Gasteiger partial charge is 0.137 e. The van der Waals surface area contributed by atoms with Crippen LogP contribution in [-0.2, 0) is 0 Å². The quantitative estimate of drug-likeness (QED) is 0.338. The SMILES string of the molecule is Fc1cc(C(Br)c2cc(Cl)c(Br)cc2F)ccc1Br. The van der Waals surface area contributed by atoms with Crippen LogP contribution in [0.5, 0.6) is 0 Å². The Morgan fingerprint density at radius 2 is 1.63 bits per heavy atom. The second kappa shape index (κ2) is 6.20. The number of hydrogen-bond donors (Lipinski definition) is 0. The van der Waals surface area contributed by atoms with E-state index in [2.05, 4.69) is 47.8 Å². The van der Waals surface area contributed by atoms with Crippen molar-refractivity contribution in [2.45, 2.75) is 4.83 Å². The highest BCUT2D eigenvalue weighted by Gasteiger charge is 2.18. The van der Waals surface area contributed by atoms with Crippen molar-refractivity contribution in [3.63, 3.8) is 0 Å². The topological polar surface area (TPSA) is 0 Å². The Kier molecular flexibility index (Phi) is 5.04. The van der Waals surface area contributed by atoms with Crippen LogP contribution in [0, 0.1) is 11.6 Å². The van der Waals surface area contributed by atoms with Crippen LogP contribution in [0.3, 0.4) is 0 Å². The number of halogens is 6. The highest BCUT2D eigenvalue weighted by Crippen LogP contribution is 2.37. The normalized spacial score (nSPS) is 12.5. The largest absolute Gasteiger partial charge is 0.207 e. The van der Waals surface area contributed by atoms with Gasteiger partial charge in [-0.25, -0.2) is 8.78 Å². The second-order valence-corrected chi connectivity index (χ2v) is 6.86. The number of hydrogen-bond acceptors (Lipinski definition) is 0. The van der Waals surface area contributed by atoms with Crippen LogP contribution >= 0.6 is 59.4 Å². The fourth-order valence-corrected chi connectivity index (χ4v) is 2.95. The summed E-state index contributed by atoms with van der Waals surface area (Å²) in [5, 5.41) is 0.401. The van der Waals surface area contributed by atoms with Gasteiger partial charge in [0.25, 0.3) is 0 Å². The number of benzene rings is 2. The zero-order valence-electron chi connectivity index (χ0n) is 9.23. The number of alkyl halides is 1.